The topological polar surface area (TPSA) is 52.3 Å². The summed E-state index contributed by atoms with van der Waals surface area (Å²) >= 11 is 0. The van der Waals surface area contributed by atoms with Gasteiger partial charge in [0.1, 0.15) is 0 Å². The van der Waals surface area contributed by atoms with Crippen LogP contribution in [0.5, 0.6) is 5.75 Å². The van der Waals surface area contributed by atoms with Gasteiger partial charge in [0.15, 0.2) is 17.3 Å². The maximum Gasteiger partial charge on any atom is 0.169 e. The summed E-state index contributed by atoms with van der Waals surface area (Å²) in [4.78, 5) is 12.3. The summed E-state index contributed by atoms with van der Waals surface area (Å²) < 4.78 is 18.9. The molecule has 2 N–H and O–H groups in total. The molecule has 3 nitrogen and oxygen atoms in total. The van der Waals surface area contributed by atoms with Crippen molar-refractivity contribution in [1.29, 1.82) is 0 Å². The highest BCUT2D eigenvalue weighted by Gasteiger charge is 2.15. The molecular weight excluding hydrogens is 257 g/mol. The van der Waals surface area contributed by atoms with E-state index < -0.39 is 5.82 Å². The summed E-state index contributed by atoms with van der Waals surface area (Å²) in [6, 6.07) is 9.98. The number of hydrogen-bond donors (Lipinski definition) is 1. The van der Waals surface area contributed by atoms with Crippen LogP contribution in [-0.2, 0) is 6.42 Å². The lowest BCUT2D eigenvalue weighted by molar-refractivity contribution is 0.0992. The van der Waals surface area contributed by atoms with Crippen LogP contribution in [-0.4, -0.2) is 12.9 Å². The molecule has 2 aromatic carbocycles. The maximum atomic E-state index is 14.0. The van der Waals surface area contributed by atoms with Gasteiger partial charge < -0.3 is 10.5 Å². The molecule has 0 atom stereocenters. The smallest absolute Gasteiger partial charge is 0.169 e. The fourth-order valence-electron chi connectivity index (χ4n) is 2.03. The van der Waals surface area contributed by atoms with Crippen molar-refractivity contribution in [2.45, 2.75) is 13.3 Å². The number of methoxy groups -OCH3 is 1. The number of ether oxygens (including phenoxy) is 1. The number of carbonyl (C=O) groups excluding carboxylic acids is 1. The Balaban J connectivity index is 2.30. The normalized spacial score (nSPS) is 10.3. The molecule has 0 saturated carbocycles. The van der Waals surface area contributed by atoms with Gasteiger partial charge in [-0.2, -0.15) is 0 Å². The Morgan fingerprint density at radius 3 is 2.75 bits per heavy atom. The summed E-state index contributed by atoms with van der Waals surface area (Å²) in [6.45, 7) is 1.88. The first kappa shape index (κ1) is 14.1. The predicted octanol–water partition coefficient (Wildman–Crippen LogP) is 3.15. The zero-order valence-electron chi connectivity index (χ0n) is 11.4. The molecule has 0 aromatic heterocycles. The monoisotopic (exact) mass is 273 g/mol. The van der Waals surface area contributed by atoms with Crippen molar-refractivity contribution in [2.75, 3.05) is 12.8 Å². The molecule has 0 saturated heterocycles. The molecule has 0 unspecified atom stereocenters. The second-order valence-electron chi connectivity index (χ2n) is 4.62. The number of benzene rings is 2. The van der Waals surface area contributed by atoms with E-state index in [0.29, 0.717) is 16.8 Å². The van der Waals surface area contributed by atoms with E-state index in [2.05, 4.69) is 0 Å². The number of nitrogens with two attached hydrogens (primary N) is 1. The molecule has 0 aliphatic carbocycles. The van der Waals surface area contributed by atoms with E-state index >= 15 is 0 Å². The average Bonchev–Trinajstić information content (AvgIpc) is 2.43. The van der Waals surface area contributed by atoms with Crippen LogP contribution in [0.3, 0.4) is 0 Å². The Labute approximate surface area is 117 Å². The number of anilines is 1. The average molecular weight is 273 g/mol. The lowest BCUT2D eigenvalue weighted by Gasteiger charge is -2.09. The predicted molar refractivity (Wildman–Crippen MR) is 76.6 cm³/mol. The van der Waals surface area contributed by atoms with Crippen LogP contribution >= 0.6 is 0 Å². The zero-order chi connectivity index (χ0) is 14.7. The molecule has 0 bridgehead atoms. The molecule has 2 rings (SSSR count). The summed E-state index contributed by atoms with van der Waals surface area (Å²) in [5.74, 6) is -0.583. The van der Waals surface area contributed by atoms with Crippen molar-refractivity contribution >= 4 is 11.5 Å². The molecular formula is C16H16FNO2. The fraction of sp³-hybridized carbons (Fsp3) is 0.188. The first-order valence-electron chi connectivity index (χ1n) is 6.23. The van der Waals surface area contributed by atoms with Crippen LogP contribution in [0.1, 0.15) is 21.5 Å². The minimum absolute atomic E-state index is 0.0450. The third-order valence-electron chi connectivity index (χ3n) is 3.12. The Bertz CT molecular complexity index is 653. The van der Waals surface area contributed by atoms with E-state index in [0.717, 1.165) is 5.56 Å². The summed E-state index contributed by atoms with van der Waals surface area (Å²) in [6.07, 6.45) is -0.0450. The summed E-state index contributed by atoms with van der Waals surface area (Å²) in [7, 11) is 1.39. The van der Waals surface area contributed by atoms with Crippen LogP contribution in [0, 0.1) is 12.7 Å². The Kier molecular flexibility index (Phi) is 4.03. The second kappa shape index (κ2) is 5.74. The molecule has 0 aliphatic rings. The van der Waals surface area contributed by atoms with Crippen LogP contribution in [0.4, 0.5) is 10.1 Å². The van der Waals surface area contributed by atoms with Crippen molar-refractivity contribution in [3.63, 3.8) is 0 Å². The molecule has 0 fully saturated rings. The van der Waals surface area contributed by atoms with Gasteiger partial charge in [-0.1, -0.05) is 23.8 Å². The SMILES string of the molecule is COc1cccc(CC(=O)c2cc(C)ccc2N)c1F. The maximum absolute atomic E-state index is 14.0. The highest BCUT2D eigenvalue weighted by atomic mass is 19.1. The molecule has 2 aromatic rings. The third-order valence-corrected chi connectivity index (χ3v) is 3.12. The molecule has 0 heterocycles. The number of aryl methyl sites for hydroxylation is 1. The van der Waals surface area contributed by atoms with Crippen LogP contribution in [0.2, 0.25) is 0 Å². The highest BCUT2D eigenvalue weighted by Crippen LogP contribution is 2.22. The Morgan fingerprint density at radius 2 is 2.05 bits per heavy atom. The Morgan fingerprint density at radius 1 is 1.30 bits per heavy atom. The van der Waals surface area contributed by atoms with Gasteiger partial charge in [-0.25, -0.2) is 4.39 Å². The van der Waals surface area contributed by atoms with Gasteiger partial charge >= 0.3 is 0 Å². The number of rotatable bonds is 4. The van der Waals surface area contributed by atoms with Crippen molar-refractivity contribution < 1.29 is 13.9 Å². The van der Waals surface area contributed by atoms with Crippen LogP contribution in [0.15, 0.2) is 36.4 Å². The molecule has 0 aliphatic heterocycles. The molecule has 20 heavy (non-hydrogen) atoms. The zero-order valence-corrected chi connectivity index (χ0v) is 11.4. The summed E-state index contributed by atoms with van der Waals surface area (Å²) in [5.41, 5.74) is 7.87. The van der Waals surface area contributed by atoms with Gasteiger partial charge in [-0.05, 0) is 30.7 Å². The van der Waals surface area contributed by atoms with Crippen molar-refractivity contribution in [3.05, 3.63) is 58.9 Å². The molecule has 104 valence electrons. The van der Waals surface area contributed by atoms with Crippen molar-refractivity contribution in [2.24, 2.45) is 0 Å². The van der Waals surface area contributed by atoms with Crippen LogP contribution < -0.4 is 10.5 Å². The van der Waals surface area contributed by atoms with Gasteiger partial charge in [-0.3, -0.25) is 4.79 Å². The van der Waals surface area contributed by atoms with E-state index in [9.17, 15) is 9.18 Å². The summed E-state index contributed by atoms with van der Waals surface area (Å²) in [5, 5.41) is 0. The largest absolute Gasteiger partial charge is 0.494 e. The number of Topliss-reactive ketones (excluding diaryl/α,β-unsaturated/α-hetero) is 1. The molecule has 4 heteroatoms. The third kappa shape index (κ3) is 2.79. The quantitative estimate of drug-likeness (QED) is 0.687. The fourth-order valence-corrected chi connectivity index (χ4v) is 2.03. The number of halogens is 1. The van der Waals surface area contributed by atoms with Gasteiger partial charge in [0, 0.05) is 17.7 Å². The minimum atomic E-state index is -0.505. The number of nitrogen functional groups attached to an aromatic ring is 1. The van der Waals surface area contributed by atoms with E-state index in [4.69, 9.17) is 10.5 Å². The molecule has 0 spiro atoms. The van der Waals surface area contributed by atoms with E-state index in [1.165, 1.54) is 13.2 Å². The van der Waals surface area contributed by atoms with E-state index in [1.807, 2.05) is 13.0 Å². The Hall–Kier alpha value is -2.36. The van der Waals surface area contributed by atoms with E-state index in [-0.39, 0.29) is 18.0 Å². The lowest BCUT2D eigenvalue weighted by atomic mass is 9.99. The van der Waals surface area contributed by atoms with Gasteiger partial charge in [0.05, 0.1) is 7.11 Å². The first-order chi connectivity index (χ1) is 9.52. The number of hydrogen-bond acceptors (Lipinski definition) is 3. The minimum Gasteiger partial charge on any atom is -0.494 e. The number of ketones is 1. The van der Waals surface area contributed by atoms with Gasteiger partial charge in [0.25, 0.3) is 0 Å². The van der Waals surface area contributed by atoms with Gasteiger partial charge in [0.2, 0.25) is 0 Å². The van der Waals surface area contributed by atoms with Gasteiger partial charge in [-0.15, -0.1) is 0 Å². The van der Waals surface area contributed by atoms with Crippen LogP contribution in [0.25, 0.3) is 0 Å². The molecule has 0 amide bonds. The van der Waals surface area contributed by atoms with Crippen molar-refractivity contribution in [1.82, 2.24) is 0 Å². The van der Waals surface area contributed by atoms with Crippen molar-refractivity contribution in [3.8, 4) is 5.75 Å². The highest BCUT2D eigenvalue weighted by molar-refractivity contribution is 6.02. The lowest BCUT2D eigenvalue weighted by Crippen LogP contribution is -2.09. The first-order valence-corrected chi connectivity index (χ1v) is 6.23. The number of carbonyl (C=O) groups is 1. The van der Waals surface area contributed by atoms with E-state index in [1.54, 1.807) is 24.3 Å². The second-order valence-corrected chi connectivity index (χ2v) is 4.62. The standard InChI is InChI=1S/C16H16FNO2/c1-10-6-7-13(18)12(8-10)14(19)9-11-4-3-5-15(20-2)16(11)17/h3-8H,9,18H2,1-2H3. The molecule has 0 radical (unpaired) electrons.